The first-order valence-electron chi connectivity index (χ1n) is 12.2. The van der Waals surface area contributed by atoms with Crippen LogP contribution >= 0.6 is 0 Å². The summed E-state index contributed by atoms with van der Waals surface area (Å²) in [6.45, 7) is 4.10. The van der Waals surface area contributed by atoms with Crippen LogP contribution in [0.4, 0.5) is 10.1 Å². The third kappa shape index (κ3) is 5.39. The van der Waals surface area contributed by atoms with Crippen LogP contribution in [0.3, 0.4) is 0 Å². The maximum absolute atomic E-state index is 15.0. The fourth-order valence-corrected chi connectivity index (χ4v) is 4.74. The highest BCUT2D eigenvalue weighted by Crippen LogP contribution is 2.29. The Morgan fingerprint density at radius 3 is 2.76 bits per heavy atom. The second-order valence-electron chi connectivity index (χ2n) is 9.05. The lowest BCUT2D eigenvalue weighted by molar-refractivity contribution is 0.0997. The molecule has 2 aromatic carbocycles. The highest BCUT2D eigenvalue weighted by molar-refractivity contribution is 5.95. The zero-order chi connectivity index (χ0) is 25.8. The molecule has 1 aliphatic heterocycles. The van der Waals surface area contributed by atoms with Gasteiger partial charge in [-0.05, 0) is 67.4 Å². The number of nitrogens with one attached hydrogen (secondary N) is 1. The van der Waals surface area contributed by atoms with Gasteiger partial charge in [-0.1, -0.05) is 0 Å². The Morgan fingerprint density at radius 2 is 2.00 bits per heavy atom. The molecular weight excluding hydrogens is 471 g/mol. The average Bonchev–Trinajstić information content (AvgIpc) is 3.31. The van der Waals surface area contributed by atoms with E-state index in [-0.39, 0.29) is 17.2 Å². The standard InChI is InChI=1S/C28H27FN6O2/c29-24-16-21(37-28-22(27(31)36)4-1-9-32-28)6-8-26(24)35-13-11-34(12-14-35)10-2-3-20-18-33-25-7-5-19(17-30)15-23(20)25/h1,4-9,15-16,18,33H,2-3,10-14H2,(H2,31,36). The molecule has 4 aromatic rings. The van der Waals surface area contributed by atoms with Gasteiger partial charge in [0.2, 0.25) is 5.88 Å². The van der Waals surface area contributed by atoms with Crippen molar-refractivity contribution in [2.24, 2.45) is 5.73 Å². The number of nitriles is 1. The number of amides is 1. The molecule has 3 heterocycles. The number of H-pyrrole nitrogens is 1. The van der Waals surface area contributed by atoms with E-state index in [1.807, 2.05) is 29.3 Å². The maximum atomic E-state index is 15.0. The molecule has 188 valence electrons. The minimum atomic E-state index is -0.660. The number of rotatable bonds is 8. The van der Waals surface area contributed by atoms with Crippen molar-refractivity contribution in [1.82, 2.24) is 14.9 Å². The molecule has 0 radical (unpaired) electrons. The van der Waals surface area contributed by atoms with E-state index in [1.165, 1.54) is 23.9 Å². The molecule has 3 N–H and O–H groups in total. The number of primary amides is 1. The van der Waals surface area contributed by atoms with E-state index in [9.17, 15) is 14.4 Å². The molecule has 2 aromatic heterocycles. The first-order valence-corrected chi connectivity index (χ1v) is 12.2. The lowest BCUT2D eigenvalue weighted by Crippen LogP contribution is -2.47. The summed E-state index contributed by atoms with van der Waals surface area (Å²) in [6, 6.07) is 15.7. The summed E-state index contributed by atoms with van der Waals surface area (Å²) in [5.74, 6) is -0.750. The van der Waals surface area contributed by atoms with E-state index in [2.05, 4.69) is 20.9 Å². The summed E-state index contributed by atoms with van der Waals surface area (Å²) in [5, 5.41) is 10.3. The maximum Gasteiger partial charge on any atom is 0.254 e. The van der Waals surface area contributed by atoms with E-state index >= 15 is 0 Å². The number of aryl methyl sites for hydroxylation is 1. The number of nitrogens with two attached hydrogens (primary N) is 1. The van der Waals surface area contributed by atoms with Gasteiger partial charge in [0.05, 0.1) is 17.3 Å². The van der Waals surface area contributed by atoms with Crippen molar-refractivity contribution < 1.29 is 13.9 Å². The third-order valence-electron chi connectivity index (χ3n) is 6.70. The van der Waals surface area contributed by atoms with Crippen LogP contribution in [-0.2, 0) is 6.42 Å². The number of carbonyl (C=O) groups excluding carboxylic acids is 1. The summed E-state index contributed by atoms with van der Waals surface area (Å²) in [4.78, 5) is 23.3. The monoisotopic (exact) mass is 498 g/mol. The Labute approximate surface area is 214 Å². The zero-order valence-electron chi connectivity index (χ0n) is 20.3. The molecule has 0 saturated carbocycles. The molecule has 37 heavy (non-hydrogen) atoms. The quantitative estimate of drug-likeness (QED) is 0.376. The average molecular weight is 499 g/mol. The Balaban J connectivity index is 1.14. The van der Waals surface area contributed by atoms with Crippen LogP contribution in [0.2, 0.25) is 0 Å². The molecule has 1 saturated heterocycles. The molecule has 5 rings (SSSR count). The lowest BCUT2D eigenvalue weighted by Gasteiger charge is -2.36. The molecule has 0 bridgehead atoms. The predicted octanol–water partition coefficient (Wildman–Crippen LogP) is 4.22. The van der Waals surface area contributed by atoms with E-state index in [0.717, 1.165) is 56.5 Å². The van der Waals surface area contributed by atoms with E-state index in [0.29, 0.717) is 11.3 Å². The minimum absolute atomic E-state index is 0.0499. The number of hydrogen-bond donors (Lipinski definition) is 2. The van der Waals surface area contributed by atoms with Crippen LogP contribution in [0.1, 0.15) is 27.9 Å². The van der Waals surface area contributed by atoms with Crippen molar-refractivity contribution in [2.75, 3.05) is 37.6 Å². The third-order valence-corrected chi connectivity index (χ3v) is 6.70. The summed E-state index contributed by atoms with van der Waals surface area (Å²) in [6.07, 6.45) is 5.45. The molecule has 0 unspecified atom stereocenters. The second-order valence-corrected chi connectivity index (χ2v) is 9.05. The number of aromatic amines is 1. The zero-order valence-corrected chi connectivity index (χ0v) is 20.3. The van der Waals surface area contributed by atoms with Gasteiger partial charge in [-0.3, -0.25) is 9.69 Å². The highest BCUT2D eigenvalue weighted by Gasteiger charge is 2.20. The van der Waals surface area contributed by atoms with E-state index < -0.39 is 11.7 Å². The van der Waals surface area contributed by atoms with Gasteiger partial charge < -0.3 is 20.4 Å². The summed E-state index contributed by atoms with van der Waals surface area (Å²) < 4.78 is 20.6. The number of piperazine rings is 1. The van der Waals surface area contributed by atoms with Crippen LogP contribution in [0.25, 0.3) is 10.9 Å². The van der Waals surface area contributed by atoms with Crippen molar-refractivity contribution in [3.63, 3.8) is 0 Å². The smallest absolute Gasteiger partial charge is 0.254 e. The number of hydrogen-bond acceptors (Lipinski definition) is 6. The van der Waals surface area contributed by atoms with Crippen molar-refractivity contribution in [3.8, 4) is 17.7 Å². The molecule has 8 nitrogen and oxygen atoms in total. The van der Waals surface area contributed by atoms with Crippen molar-refractivity contribution in [2.45, 2.75) is 12.8 Å². The number of pyridine rings is 1. The van der Waals surface area contributed by atoms with Gasteiger partial charge in [0.25, 0.3) is 5.91 Å². The fraction of sp³-hybridized carbons (Fsp3) is 0.250. The molecule has 0 spiro atoms. The summed E-state index contributed by atoms with van der Waals surface area (Å²) in [5.41, 5.74) is 8.97. The van der Waals surface area contributed by atoms with Crippen LogP contribution in [0, 0.1) is 17.1 Å². The largest absolute Gasteiger partial charge is 0.438 e. The van der Waals surface area contributed by atoms with Gasteiger partial charge in [-0.2, -0.15) is 5.26 Å². The van der Waals surface area contributed by atoms with E-state index in [4.69, 9.17) is 10.5 Å². The Hall–Kier alpha value is -4.42. The molecule has 0 aliphatic carbocycles. The number of carbonyl (C=O) groups is 1. The fourth-order valence-electron chi connectivity index (χ4n) is 4.74. The second kappa shape index (κ2) is 10.7. The SMILES string of the molecule is N#Cc1ccc2[nH]cc(CCCN3CCN(c4ccc(Oc5ncccc5C(N)=O)cc4F)CC3)c2c1. The number of ether oxygens (including phenoxy) is 1. The first-order chi connectivity index (χ1) is 18.0. The molecular formula is C28H27FN6O2. The van der Waals surface area contributed by atoms with Crippen LogP contribution in [-0.4, -0.2) is 53.5 Å². The number of fused-ring (bicyclic) bond motifs is 1. The van der Waals surface area contributed by atoms with Crippen LogP contribution in [0.15, 0.2) is 60.9 Å². The first kappa shape index (κ1) is 24.3. The number of anilines is 1. The van der Waals surface area contributed by atoms with Gasteiger partial charge in [-0.15, -0.1) is 0 Å². The summed E-state index contributed by atoms with van der Waals surface area (Å²) in [7, 11) is 0. The van der Waals surface area contributed by atoms with Crippen molar-refractivity contribution in [1.29, 1.82) is 5.26 Å². The molecule has 0 atom stereocenters. The lowest BCUT2D eigenvalue weighted by atomic mass is 10.1. The number of aromatic nitrogens is 2. The number of nitrogens with zero attached hydrogens (tertiary/aromatic N) is 4. The molecule has 1 amide bonds. The highest BCUT2D eigenvalue weighted by atomic mass is 19.1. The predicted molar refractivity (Wildman–Crippen MR) is 139 cm³/mol. The van der Waals surface area contributed by atoms with E-state index in [1.54, 1.807) is 18.2 Å². The number of benzene rings is 2. The van der Waals surface area contributed by atoms with Gasteiger partial charge in [0.15, 0.2) is 0 Å². The normalized spacial score (nSPS) is 14.0. The van der Waals surface area contributed by atoms with Crippen molar-refractivity contribution >= 4 is 22.5 Å². The van der Waals surface area contributed by atoms with Gasteiger partial charge in [0.1, 0.15) is 17.1 Å². The van der Waals surface area contributed by atoms with Gasteiger partial charge >= 0.3 is 0 Å². The van der Waals surface area contributed by atoms with Gasteiger partial charge in [0, 0.05) is 55.5 Å². The summed E-state index contributed by atoms with van der Waals surface area (Å²) >= 11 is 0. The van der Waals surface area contributed by atoms with Crippen LogP contribution < -0.4 is 15.4 Å². The van der Waals surface area contributed by atoms with Gasteiger partial charge in [-0.25, -0.2) is 9.37 Å². The molecule has 1 fully saturated rings. The minimum Gasteiger partial charge on any atom is -0.438 e. The molecule has 1 aliphatic rings. The van der Waals surface area contributed by atoms with Crippen LogP contribution in [0.5, 0.6) is 11.6 Å². The number of halogens is 1. The Bertz CT molecular complexity index is 1470. The Morgan fingerprint density at radius 1 is 1.16 bits per heavy atom. The Kier molecular flexibility index (Phi) is 7.01. The molecule has 9 heteroatoms. The topological polar surface area (TPSA) is 111 Å². The van der Waals surface area contributed by atoms with Crippen molar-refractivity contribution in [3.05, 3.63) is 83.4 Å².